The van der Waals surface area contributed by atoms with Gasteiger partial charge >= 0.3 is 5.97 Å². The molecule has 92 valence electrons. The van der Waals surface area contributed by atoms with Gasteiger partial charge in [0, 0.05) is 12.0 Å². The Morgan fingerprint density at radius 3 is 2.88 bits per heavy atom. The molecule has 17 heavy (non-hydrogen) atoms. The first-order chi connectivity index (χ1) is 8.08. The van der Waals surface area contributed by atoms with Gasteiger partial charge < -0.3 is 10.1 Å². The highest BCUT2D eigenvalue weighted by Gasteiger charge is 2.18. The molecule has 0 aliphatic heterocycles. The highest BCUT2D eigenvalue weighted by Crippen LogP contribution is 2.16. The SMILES string of the molecule is CC(Cc1nc2c(c(=O)[nH]1)CCCC2)C(=O)O. The van der Waals surface area contributed by atoms with E-state index in [4.69, 9.17) is 5.11 Å². The lowest BCUT2D eigenvalue weighted by atomic mass is 9.97. The van der Waals surface area contributed by atoms with Crippen molar-refractivity contribution in [2.24, 2.45) is 5.92 Å². The number of carboxylic acids is 1. The Kier molecular flexibility index (Phi) is 3.26. The van der Waals surface area contributed by atoms with Gasteiger partial charge in [-0.15, -0.1) is 0 Å². The molecule has 0 saturated heterocycles. The Bertz CT molecular complexity index is 493. The number of hydrogen-bond acceptors (Lipinski definition) is 3. The number of aromatic nitrogens is 2. The summed E-state index contributed by atoms with van der Waals surface area (Å²) < 4.78 is 0. The van der Waals surface area contributed by atoms with Crippen LogP contribution in [0.5, 0.6) is 0 Å². The van der Waals surface area contributed by atoms with Crippen molar-refractivity contribution in [3.05, 3.63) is 27.4 Å². The maximum atomic E-state index is 11.8. The van der Waals surface area contributed by atoms with E-state index in [1.165, 1.54) is 0 Å². The second-order valence-electron chi connectivity index (χ2n) is 4.59. The molecule has 2 rings (SSSR count). The Labute approximate surface area is 98.9 Å². The molecular weight excluding hydrogens is 220 g/mol. The fourth-order valence-corrected chi connectivity index (χ4v) is 2.13. The quantitative estimate of drug-likeness (QED) is 0.817. The second kappa shape index (κ2) is 4.69. The number of carbonyl (C=O) groups is 1. The first kappa shape index (κ1) is 11.8. The summed E-state index contributed by atoms with van der Waals surface area (Å²) >= 11 is 0. The molecule has 0 spiro atoms. The lowest BCUT2D eigenvalue weighted by molar-refractivity contribution is -0.141. The normalized spacial score (nSPS) is 16.3. The van der Waals surface area contributed by atoms with Crippen molar-refractivity contribution in [3.8, 4) is 0 Å². The van der Waals surface area contributed by atoms with E-state index in [1.54, 1.807) is 6.92 Å². The molecule has 0 aromatic carbocycles. The van der Waals surface area contributed by atoms with Gasteiger partial charge in [-0.05, 0) is 25.7 Å². The van der Waals surface area contributed by atoms with Crippen molar-refractivity contribution in [2.45, 2.75) is 39.0 Å². The number of fused-ring (bicyclic) bond motifs is 1. The van der Waals surface area contributed by atoms with Crippen molar-refractivity contribution in [3.63, 3.8) is 0 Å². The summed E-state index contributed by atoms with van der Waals surface area (Å²) in [7, 11) is 0. The van der Waals surface area contributed by atoms with Crippen LogP contribution in [0.15, 0.2) is 4.79 Å². The number of aryl methyl sites for hydroxylation is 1. The first-order valence-corrected chi connectivity index (χ1v) is 5.91. The van der Waals surface area contributed by atoms with E-state index in [9.17, 15) is 9.59 Å². The molecule has 2 N–H and O–H groups in total. The van der Waals surface area contributed by atoms with Crippen LogP contribution >= 0.6 is 0 Å². The predicted octanol–water partition coefficient (Wildman–Crippen LogP) is 0.912. The van der Waals surface area contributed by atoms with Gasteiger partial charge in [0.15, 0.2) is 0 Å². The Hall–Kier alpha value is -1.65. The van der Waals surface area contributed by atoms with E-state index >= 15 is 0 Å². The number of H-pyrrole nitrogens is 1. The Balaban J connectivity index is 2.28. The molecule has 0 bridgehead atoms. The average Bonchev–Trinajstić information content (AvgIpc) is 2.29. The third-order valence-corrected chi connectivity index (χ3v) is 3.16. The molecule has 1 aromatic rings. The van der Waals surface area contributed by atoms with Gasteiger partial charge in [0.05, 0.1) is 11.6 Å². The summed E-state index contributed by atoms with van der Waals surface area (Å²) in [5.41, 5.74) is 1.54. The molecule has 1 aliphatic carbocycles. The van der Waals surface area contributed by atoms with E-state index in [-0.39, 0.29) is 12.0 Å². The number of aliphatic carboxylic acids is 1. The standard InChI is InChI=1S/C12H16N2O3/c1-7(12(16)17)6-10-13-9-5-3-2-4-8(9)11(15)14-10/h7H,2-6H2,1H3,(H,16,17)(H,13,14,15). The van der Waals surface area contributed by atoms with Crippen LogP contribution < -0.4 is 5.56 Å². The molecule has 0 fully saturated rings. The van der Waals surface area contributed by atoms with Crippen LogP contribution in [0.2, 0.25) is 0 Å². The van der Waals surface area contributed by atoms with Crippen molar-refractivity contribution < 1.29 is 9.90 Å². The maximum Gasteiger partial charge on any atom is 0.306 e. The van der Waals surface area contributed by atoms with Crippen LogP contribution in [0.3, 0.4) is 0 Å². The van der Waals surface area contributed by atoms with E-state index in [0.29, 0.717) is 5.82 Å². The lowest BCUT2D eigenvalue weighted by Crippen LogP contribution is -2.24. The van der Waals surface area contributed by atoms with E-state index < -0.39 is 11.9 Å². The average molecular weight is 236 g/mol. The van der Waals surface area contributed by atoms with Gasteiger partial charge in [-0.2, -0.15) is 0 Å². The van der Waals surface area contributed by atoms with Crippen LogP contribution in [-0.2, 0) is 24.1 Å². The fraction of sp³-hybridized carbons (Fsp3) is 0.583. The molecule has 0 radical (unpaired) electrons. The van der Waals surface area contributed by atoms with Crippen LogP contribution in [0.4, 0.5) is 0 Å². The van der Waals surface area contributed by atoms with E-state index in [1.807, 2.05) is 0 Å². The summed E-state index contributed by atoms with van der Waals surface area (Å²) in [6, 6.07) is 0. The molecule has 5 heteroatoms. The minimum Gasteiger partial charge on any atom is -0.481 e. The molecular formula is C12H16N2O3. The number of hydrogen-bond donors (Lipinski definition) is 2. The number of nitrogens with one attached hydrogen (secondary N) is 1. The van der Waals surface area contributed by atoms with Gasteiger partial charge in [-0.3, -0.25) is 9.59 Å². The van der Waals surface area contributed by atoms with Gasteiger partial charge in [0.2, 0.25) is 0 Å². The van der Waals surface area contributed by atoms with Gasteiger partial charge in [0.1, 0.15) is 5.82 Å². The lowest BCUT2D eigenvalue weighted by Gasteiger charge is -2.15. The molecule has 1 atom stereocenters. The largest absolute Gasteiger partial charge is 0.481 e. The minimum absolute atomic E-state index is 0.0951. The monoisotopic (exact) mass is 236 g/mol. The summed E-state index contributed by atoms with van der Waals surface area (Å²) in [5.74, 6) is -0.907. The minimum atomic E-state index is -0.870. The smallest absolute Gasteiger partial charge is 0.306 e. The maximum absolute atomic E-state index is 11.8. The fourth-order valence-electron chi connectivity index (χ4n) is 2.13. The molecule has 0 amide bonds. The number of aromatic amines is 1. The Morgan fingerprint density at radius 2 is 2.18 bits per heavy atom. The van der Waals surface area contributed by atoms with E-state index in [0.717, 1.165) is 36.9 Å². The zero-order chi connectivity index (χ0) is 12.4. The van der Waals surface area contributed by atoms with Gasteiger partial charge in [0.25, 0.3) is 5.56 Å². The van der Waals surface area contributed by atoms with Crippen LogP contribution in [0, 0.1) is 5.92 Å². The van der Waals surface area contributed by atoms with Crippen LogP contribution in [0.25, 0.3) is 0 Å². The van der Waals surface area contributed by atoms with Crippen molar-refractivity contribution in [1.29, 1.82) is 0 Å². The highest BCUT2D eigenvalue weighted by molar-refractivity contribution is 5.69. The zero-order valence-corrected chi connectivity index (χ0v) is 9.82. The predicted molar refractivity (Wildman–Crippen MR) is 62.0 cm³/mol. The van der Waals surface area contributed by atoms with Crippen molar-refractivity contribution >= 4 is 5.97 Å². The van der Waals surface area contributed by atoms with Crippen LogP contribution in [0.1, 0.15) is 36.8 Å². The summed E-state index contributed by atoms with van der Waals surface area (Å²) in [6.45, 7) is 1.61. The summed E-state index contributed by atoms with van der Waals surface area (Å²) in [6.07, 6.45) is 3.97. The number of nitrogens with zero attached hydrogens (tertiary/aromatic N) is 1. The number of rotatable bonds is 3. The molecule has 5 nitrogen and oxygen atoms in total. The zero-order valence-electron chi connectivity index (χ0n) is 9.82. The topological polar surface area (TPSA) is 83.0 Å². The molecule has 1 heterocycles. The van der Waals surface area contributed by atoms with E-state index in [2.05, 4.69) is 9.97 Å². The summed E-state index contributed by atoms with van der Waals surface area (Å²) in [4.78, 5) is 29.6. The summed E-state index contributed by atoms with van der Waals surface area (Å²) in [5, 5.41) is 8.83. The van der Waals surface area contributed by atoms with Gasteiger partial charge in [-0.1, -0.05) is 6.92 Å². The third-order valence-electron chi connectivity index (χ3n) is 3.16. The molecule has 1 unspecified atom stereocenters. The Morgan fingerprint density at radius 1 is 1.47 bits per heavy atom. The third kappa shape index (κ3) is 2.54. The molecule has 1 aliphatic rings. The van der Waals surface area contributed by atoms with Crippen molar-refractivity contribution in [2.75, 3.05) is 0 Å². The molecule has 1 aromatic heterocycles. The number of carboxylic acid groups (broad SMARTS) is 1. The highest BCUT2D eigenvalue weighted by atomic mass is 16.4. The first-order valence-electron chi connectivity index (χ1n) is 5.91. The molecule has 0 saturated carbocycles. The van der Waals surface area contributed by atoms with Crippen molar-refractivity contribution in [1.82, 2.24) is 9.97 Å². The second-order valence-corrected chi connectivity index (χ2v) is 4.59. The van der Waals surface area contributed by atoms with Crippen LogP contribution in [-0.4, -0.2) is 21.0 Å². The van der Waals surface area contributed by atoms with Gasteiger partial charge in [-0.25, -0.2) is 4.98 Å².